The van der Waals surface area contributed by atoms with Gasteiger partial charge in [-0.3, -0.25) is 4.79 Å². The van der Waals surface area contributed by atoms with Crippen molar-refractivity contribution in [2.45, 2.75) is 63.0 Å². The van der Waals surface area contributed by atoms with E-state index in [1.54, 1.807) is 13.8 Å². The number of rotatable bonds is 10. The van der Waals surface area contributed by atoms with Crippen LogP contribution in [0.2, 0.25) is 6.32 Å². The Balaban J connectivity index is 2.20. The van der Waals surface area contributed by atoms with Crippen LogP contribution in [-0.4, -0.2) is 82.0 Å². The predicted molar refractivity (Wildman–Crippen MR) is 101 cm³/mol. The van der Waals surface area contributed by atoms with Crippen LogP contribution in [0.5, 0.6) is 0 Å². The number of carboxylic acids is 1. The zero-order valence-electron chi connectivity index (χ0n) is 15.9. The second kappa shape index (κ2) is 7.93. The summed E-state index contributed by atoms with van der Waals surface area (Å²) < 4.78 is 28.8. The van der Waals surface area contributed by atoms with Crippen molar-refractivity contribution in [3.8, 4) is 0 Å². The van der Waals surface area contributed by atoms with Crippen LogP contribution in [0.4, 0.5) is 0 Å². The van der Waals surface area contributed by atoms with Crippen LogP contribution in [0.15, 0.2) is 0 Å². The second-order valence-electron chi connectivity index (χ2n) is 7.87. The second-order valence-corrected chi connectivity index (χ2v) is 9.75. The molecule has 2 fully saturated rings. The highest BCUT2D eigenvalue weighted by Crippen LogP contribution is 2.40. The molecule has 0 aromatic heterocycles. The first-order valence-electron chi connectivity index (χ1n) is 9.32. The molecule has 1 aliphatic carbocycles. The first-order valence-corrected chi connectivity index (χ1v) is 10.7. The number of nitrogens with zero attached hydrogens (tertiary/aromatic N) is 2. The Morgan fingerprint density at radius 3 is 2.41 bits per heavy atom. The van der Waals surface area contributed by atoms with E-state index in [2.05, 4.69) is 0 Å². The molecule has 0 bridgehead atoms. The van der Waals surface area contributed by atoms with Crippen LogP contribution in [-0.2, 0) is 15.0 Å². The monoisotopic (exact) mass is 406 g/mol. The van der Waals surface area contributed by atoms with E-state index in [-0.39, 0.29) is 32.4 Å². The summed E-state index contributed by atoms with van der Waals surface area (Å²) >= 11 is 0. The molecule has 156 valence electrons. The molecule has 1 aliphatic heterocycles. The molecule has 1 saturated carbocycles. The summed E-state index contributed by atoms with van der Waals surface area (Å²) in [6, 6.07) is -0.395. The Morgan fingerprint density at radius 1 is 1.37 bits per heavy atom. The minimum absolute atomic E-state index is 0.0204. The molecule has 3 atom stereocenters. The van der Waals surface area contributed by atoms with Crippen molar-refractivity contribution in [2.24, 2.45) is 17.4 Å². The summed E-state index contributed by atoms with van der Waals surface area (Å²) in [4.78, 5) is 11.8. The summed E-state index contributed by atoms with van der Waals surface area (Å²) in [6.45, 7) is 3.39. The Hall–Kier alpha value is -0.755. The molecule has 27 heavy (non-hydrogen) atoms. The minimum Gasteiger partial charge on any atom is -0.480 e. The van der Waals surface area contributed by atoms with Crippen molar-refractivity contribution < 1.29 is 28.4 Å². The highest BCUT2D eigenvalue weighted by molar-refractivity contribution is 7.86. The number of aliphatic carboxylic acids is 1. The molecule has 2 rings (SSSR count). The molecular weight excluding hydrogens is 375 g/mol. The van der Waals surface area contributed by atoms with Gasteiger partial charge in [-0.1, -0.05) is 13.3 Å². The molecule has 2 aliphatic rings. The Bertz CT molecular complexity index is 659. The van der Waals surface area contributed by atoms with E-state index in [0.29, 0.717) is 6.42 Å². The lowest BCUT2D eigenvalue weighted by molar-refractivity contribution is -0.144. The smallest absolute Gasteiger partial charge is 0.451 e. The highest BCUT2D eigenvalue weighted by atomic mass is 32.2. The SMILES string of the molecule is CCN(C(C)C1(N)CC1)S(=O)(=O)N1C[C@H](CCCB(O)O)[C@](N)(C(=O)O)C1. The lowest BCUT2D eigenvalue weighted by atomic mass is 9.78. The summed E-state index contributed by atoms with van der Waals surface area (Å²) in [5.74, 6) is -1.88. The van der Waals surface area contributed by atoms with Crippen LogP contribution in [0.25, 0.3) is 0 Å². The van der Waals surface area contributed by atoms with E-state index in [1.807, 2.05) is 0 Å². The quantitative estimate of drug-likeness (QED) is 0.270. The standard InChI is InChI=1S/C15H31BN4O6S/c1-3-20(11(2)14(17)6-7-14)27(25,26)19-9-12(5-4-8-16(23)24)15(18,10-19)13(21)22/h11-12,23-24H,3-10,17-18H2,1-2H3,(H,21,22)/t11?,12-,15-/m0/s1. The normalized spacial score (nSPS) is 29.1. The molecule has 7 N–H and O–H groups in total. The fraction of sp³-hybridized carbons (Fsp3) is 0.933. The van der Waals surface area contributed by atoms with Crippen molar-refractivity contribution in [2.75, 3.05) is 19.6 Å². The lowest BCUT2D eigenvalue weighted by Crippen LogP contribution is -2.57. The van der Waals surface area contributed by atoms with Gasteiger partial charge in [0.15, 0.2) is 0 Å². The Morgan fingerprint density at radius 2 is 1.96 bits per heavy atom. The maximum atomic E-state index is 13.2. The van der Waals surface area contributed by atoms with E-state index in [4.69, 9.17) is 21.5 Å². The van der Waals surface area contributed by atoms with Crippen LogP contribution < -0.4 is 11.5 Å². The summed E-state index contributed by atoms with van der Waals surface area (Å²) in [5, 5.41) is 27.6. The van der Waals surface area contributed by atoms with Gasteiger partial charge in [-0.15, -0.1) is 0 Å². The lowest BCUT2D eigenvalue weighted by Gasteiger charge is -2.34. The molecule has 0 spiro atoms. The van der Waals surface area contributed by atoms with Crippen molar-refractivity contribution in [3.63, 3.8) is 0 Å². The van der Waals surface area contributed by atoms with E-state index in [9.17, 15) is 18.3 Å². The number of hydrogen-bond acceptors (Lipinski definition) is 7. The maximum absolute atomic E-state index is 13.2. The molecular formula is C15H31BN4O6S. The van der Waals surface area contributed by atoms with E-state index < -0.39 is 46.3 Å². The van der Waals surface area contributed by atoms with E-state index in [1.165, 1.54) is 4.31 Å². The van der Waals surface area contributed by atoms with E-state index >= 15 is 0 Å². The first kappa shape index (κ1) is 22.5. The minimum atomic E-state index is -3.93. The van der Waals surface area contributed by atoms with Gasteiger partial charge < -0.3 is 26.6 Å². The number of hydrogen-bond donors (Lipinski definition) is 5. The van der Waals surface area contributed by atoms with Crippen molar-refractivity contribution in [1.82, 2.24) is 8.61 Å². The topological polar surface area (TPSA) is 170 Å². The third-order valence-corrected chi connectivity index (χ3v) is 8.13. The number of carboxylic acid groups (broad SMARTS) is 1. The zero-order chi connectivity index (χ0) is 20.6. The van der Waals surface area contributed by atoms with Gasteiger partial charge in [0, 0.05) is 37.1 Å². The summed E-state index contributed by atoms with van der Waals surface area (Å²) in [6.07, 6.45) is 2.20. The highest BCUT2D eigenvalue weighted by Gasteiger charge is 2.55. The molecule has 0 radical (unpaired) electrons. The van der Waals surface area contributed by atoms with Gasteiger partial charge in [0.05, 0.1) is 0 Å². The van der Waals surface area contributed by atoms with Crippen LogP contribution in [0.1, 0.15) is 39.5 Å². The number of likely N-dealkylation sites (N-methyl/N-ethyl adjacent to an activating group) is 1. The molecule has 0 aromatic carbocycles. The molecule has 1 unspecified atom stereocenters. The molecule has 0 amide bonds. The van der Waals surface area contributed by atoms with Gasteiger partial charge in [0.25, 0.3) is 10.2 Å². The predicted octanol–water partition coefficient (Wildman–Crippen LogP) is -1.60. The first-order chi connectivity index (χ1) is 12.4. The summed E-state index contributed by atoms with van der Waals surface area (Å²) in [5.41, 5.74) is 10.0. The number of carbonyl (C=O) groups is 1. The average Bonchev–Trinajstić information content (AvgIpc) is 3.21. The van der Waals surface area contributed by atoms with Crippen molar-refractivity contribution >= 4 is 23.3 Å². The Kier molecular flexibility index (Phi) is 6.62. The zero-order valence-corrected chi connectivity index (χ0v) is 16.7. The molecule has 12 heteroatoms. The third kappa shape index (κ3) is 4.47. The molecule has 1 heterocycles. The third-order valence-electron chi connectivity index (χ3n) is 6.03. The van der Waals surface area contributed by atoms with Gasteiger partial charge in [0.2, 0.25) is 0 Å². The van der Waals surface area contributed by atoms with Gasteiger partial charge in [-0.25, -0.2) is 0 Å². The fourth-order valence-corrected chi connectivity index (χ4v) is 5.82. The summed E-state index contributed by atoms with van der Waals surface area (Å²) in [7, 11) is -5.41. The van der Waals surface area contributed by atoms with Gasteiger partial charge >= 0.3 is 13.1 Å². The van der Waals surface area contributed by atoms with Gasteiger partial charge in [-0.05, 0) is 32.5 Å². The van der Waals surface area contributed by atoms with Gasteiger partial charge in [0.1, 0.15) is 5.54 Å². The maximum Gasteiger partial charge on any atom is 0.451 e. The molecule has 0 aromatic rings. The fourth-order valence-electron chi connectivity index (χ4n) is 3.84. The average molecular weight is 406 g/mol. The van der Waals surface area contributed by atoms with Crippen LogP contribution in [0.3, 0.4) is 0 Å². The van der Waals surface area contributed by atoms with Gasteiger partial charge in [-0.2, -0.15) is 17.0 Å². The molecule has 1 saturated heterocycles. The van der Waals surface area contributed by atoms with Crippen molar-refractivity contribution in [1.29, 1.82) is 0 Å². The number of nitrogens with two attached hydrogens (primary N) is 2. The van der Waals surface area contributed by atoms with Crippen LogP contribution >= 0.6 is 0 Å². The Labute approximate surface area is 160 Å². The van der Waals surface area contributed by atoms with Crippen molar-refractivity contribution in [3.05, 3.63) is 0 Å². The van der Waals surface area contributed by atoms with Crippen LogP contribution in [0, 0.1) is 5.92 Å². The largest absolute Gasteiger partial charge is 0.480 e. The molecule has 10 nitrogen and oxygen atoms in total. The van der Waals surface area contributed by atoms with E-state index in [0.717, 1.165) is 17.1 Å².